The molecule has 0 saturated carbocycles. The summed E-state index contributed by atoms with van der Waals surface area (Å²) in [6.07, 6.45) is 1.20. The topological polar surface area (TPSA) is 59.3 Å². The van der Waals surface area contributed by atoms with E-state index < -0.39 is 31.3 Å². The number of imidazole rings is 1. The zero-order chi connectivity index (χ0) is 23.5. The Hall–Kier alpha value is -2.92. The average Bonchev–Trinajstić information content (AvgIpc) is 3.18. The number of alkyl halides is 2. The Kier molecular flexibility index (Phi) is 6.99. The number of pyridine rings is 1. The Bertz CT molecular complexity index is 1160. The summed E-state index contributed by atoms with van der Waals surface area (Å²) in [5.41, 5.74) is 2.77. The molecule has 0 atom stereocenters. The molecule has 3 heterocycles. The lowest BCUT2D eigenvalue weighted by Gasteiger charge is -2.29. The minimum atomic E-state index is -2.65. The van der Waals surface area contributed by atoms with Gasteiger partial charge in [-0.3, -0.25) is 9.20 Å². The van der Waals surface area contributed by atoms with Crippen molar-refractivity contribution < 1.29 is 26.4 Å². The van der Waals surface area contributed by atoms with E-state index in [1.807, 2.05) is 41.7 Å². The lowest BCUT2D eigenvalue weighted by Crippen LogP contribution is -2.40. The summed E-state index contributed by atoms with van der Waals surface area (Å²) >= 11 is -0.396. The van der Waals surface area contributed by atoms with Gasteiger partial charge in [-0.2, -0.15) is 0 Å². The van der Waals surface area contributed by atoms with E-state index in [4.69, 9.17) is 8.92 Å². The molecule has 0 radical (unpaired) electrons. The number of amides is 1. The molecule has 4 rings (SSSR count). The standard InChI is InChI=1S/C22H23F3N4O3S/c1-27(2)7-8-31-16-4-6-29-17(12-26-20(29)11-16)15-9-14-3-5-28(13-19(23)24)22(30)21(14)18(10-15)32-33-25/h4,6,9-12,19H,3,5,7-8,13H2,1-2H3. The van der Waals surface area contributed by atoms with Gasteiger partial charge in [0.25, 0.3) is 24.8 Å². The van der Waals surface area contributed by atoms with E-state index in [-0.39, 0.29) is 17.9 Å². The van der Waals surface area contributed by atoms with Gasteiger partial charge in [0.1, 0.15) is 18.0 Å². The molecule has 0 bridgehead atoms. The molecule has 0 fully saturated rings. The number of hydrogen-bond acceptors (Lipinski definition) is 6. The zero-order valence-electron chi connectivity index (χ0n) is 18.1. The summed E-state index contributed by atoms with van der Waals surface area (Å²) < 4.78 is 51.3. The van der Waals surface area contributed by atoms with Crippen LogP contribution in [-0.2, 0) is 6.42 Å². The van der Waals surface area contributed by atoms with E-state index in [2.05, 4.69) is 4.98 Å². The van der Waals surface area contributed by atoms with Crippen molar-refractivity contribution in [3.63, 3.8) is 0 Å². The van der Waals surface area contributed by atoms with Gasteiger partial charge in [0.15, 0.2) is 5.75 Å². The van der Waals surface area contributed by atoms with Crippen LogP contribution in [0.2, 0.25) is 0 Å². The molecule has 3 aromatic rings. The Morgan fingerprint density at radius 3 is 2.82 bits per heavy atom. The van der Waals surface area contributed by atoms with Gasteiger partial charge in [0.05, 0.1) is 24.0 Å². The summed E-state index contributed by atoms with van der Waals surface area (Å²) in [6.45, 7) is 0.805. The summed E-state index contributed by atoms with van der Waals surface area (Å²) in [5, 5.41) is 0. The van der Waals surface area contributed by atoms with Gasteiger partial charge in [0.2, 0.25) is 0 Å². The molecule has 7 nitrogen and oxygen atoms in total. The molecule has 1 aliphatic rings. The highest BCUT2D eigenvalue weighted by molar-refractivity contribution is 7.89. The van der Waals surface area contributed by atoms with Crippen molar-refractivity contribution in [2.75, 3.05) is 40.3 Å². The first-order valence-corrected chi connectivity index (χ1v) is 11.0. The molecule has 11 heteroatoms. The second-order valence-corrected chi connectivity index (χ2v) is 8.23. The van der Waals surface area contributed by atoms with Crippen molar-refractivity contribution in [2.24, 2.45) is 0 Å². The predicted molar refractivity (Wildman–Crippen MR) is 120 cm³/mol. The number of nitrogens with zero attached hydrogens (tertiary/aromatic N) is 4. The third kappa shape index (κ3) is 5.03. The Labute approximate surface area is 193 Å². The van der Waals surface area contributed by atoms with Gasteiger partial charge in [-0.05, 0) is 44.3 Å². The summed E-state index contributed by atoms with van der Waals surface area (Å²) in [6, 6.07) is 6.97. The molecule has 2 aromatic heterocycles. The molecule has 176 valence electrons. The maximum absolute atomic E-state index is 13.0. The number of halogens is 3. The van der Waals surface area contributed by atoms with Crippen LogP contribution < -0.4 is 8.92 Å². The van der Waals surface area contributed by atoms with Gasteiger partial charge >= 0.3 is 0 Å². The second-order valence-electron chi connectivity index (χ2n) is 7.93. The van der Waals surface area contributed by atoms with Crippen LogP contribution in [0.15, 0.2) is 36.7 Å². The van der Waals surface area contributed by atoms with Crippen LogP contribution in [0.3, 0.4) is 0 Å². The van der Waals surface area contributed by atoms with E-state index in [9.17, 15) is 17.5 Å². The molecule has 0 aliphatic carbocycles. The molecule has 0 unspecified atom stereocenters. The highest BCUT2D eigenvalue weighted by Crippen LogP contribution is 2.36. The molecule has 33 heavy (non-hydrogen) atoms. The van der Waals surface area contributed by atoms with Gasteiger partial charge in [-0.25, -0.2) is 13.8 Å². The molecule has 0 spiro atoms. The van der Waals surface area contributed by atoms with Crippen LogP contribution in [0.5, 0.6) is 11.5 Å². The number of fused-ring (bicyclic) bond motifs is 2. The normalized spacial score (nSPS) is 13.8. The SMILES string of the molecule is CN(C)CCOc1ccn2c(-c3cc4c(c(OSF)c3)C(=O)N(CC(F)F)CC4)cnc2c1. The van der Waals surface area contributed by atoms with Crippen molar-refractivity contribution in [2.45, 2.75) is 12.8 Å². The van der Waals surface area contributed by atoms with Crippen molar-refractivity contribution >= 4 is 24.0 Å². The monoisotopic (exact) mass is 480 g/mol. The number of rotatable bonds is 9. The van der Waals surface area contributed by atoms with E-state index in [1.165, 1.54) is 6.07 Å². The first-order chi connectivity index (χ1) is 15.9. The van der Waals surface area contributed by atoms with Gasteiger partial charge < -0.3 is 18.7 Å². The number of hydrogen-bond donors (Lipinski definition) is 0. The largest absolute Gasteiger partial charge is 0.492 e. The fourth-order valence-electron chi connectivity index (χ4n) is 3.83. The van der Waals surface area contributed by atoms with Crippen LogP contribution in [0.25, 0.3) is 16.9 Å². The van der Waals surface area contributed by atoms with Gasteiger partial charge in [0, 0.05) is 30.9 Å². The maximum Gasteiger partial charge on any atom is 0.272 e. The average molecular weight is 481 g/mol. The number of benzene rings is 1. The number of carbonyl (C=O) groups is 1. The van der Waals surface area contributed by atoms with Crippen molar-refractivity contribution in [1.82, 2.24) is 19.2 Å². The lowest BCUT2D eigenvalue weighted by molar-refractivity contribution is 0.0536. The molecular formula is C22H23F3N4O3S. The van der Waals surface area contributed by atoms with Crippen molar-refractivity contribution in [3.05, 3.63) is 47.8 Å². The number of aromatic nitrogens is 2. The Balaban J connectivity index is 1.67. The number of ether oxygens (including phenoxy) is 1. The van der Waals surface area contributed by atoms with E-state index in [1.54, 1.807) is 12.3 Å². The van der Waals surface area contributed by atoms with Gasteiger partial charge in [-0.1, -0.05) is 0 Å². The molecule has 1 aliphatic heterocycles. The summed E-state index contributed by atoms with van der Waals surface area (Å²) in [7, 11) is 3.94. The second kappa shape index (κ2) is 9.92. The molecule has 1 aromatic carbocycles. The fraction of sp³-hybridized carbons (Fsp3) is 0.364. The molecule has 0 saturated heterocycles. The minimum absolute atomic E-state index is 0.00226. The summed E-state index contributed by atoms with van der Waals surface area (Å²) in [5.74, 6) is 0.0943. The minimum Gasteiger partial charge on any atom is -0.492 e. The number of likely N-dealkylation sites (N-methyl/N-ethyl adjacent to an activating group) is 1. The van der Waals surface area contributed by atoms with Crippen LogP contribution in [-0.4, -0.2) is 71.9 Å². The Morgan fingerprint density at radius 2 is 2.09 bits per heavy atom. The maximum atomic E-state index is 13.0. The van der Waals surface area contributed by atoms with Crippen LogP contribution in [0.4, 0.5) is 12.7 Å². The van der Waals surface area contributed by atoms with Crippen LogP contribution in [0, 0.1) is 0 Å². The highest BCUT2D eigenvalue weighted by atomic mass is 32.2. The molecular weight excluding hydrogens is 457 g/mol. The fourth-order valence-corrected chi connectivity index (χ4v) is 4.03. The lowest BCUT2D eigenvalue weighted by atomic mass is 9.94. The van der Waals surface area contributed by atoms with Gasteiger partial charge in [-0.15, -0.1) is 3.89 Å². The first kappa shape index (κ1) is 23.2. The van der Waals surface area contributed by atoms with E-state index >= 15 is 0 Å². The molecule has 0 N–H and O–H groups in total. The molecule has 1 amide bonds. The quantitative estimate of drug-likeness (QED) is 0.430. The predicted octanol–water partition coefficient (Wildman–Crippen LogP) is 4.12. The van der Waals surface area contributed by atoms with E-state index in [0.29, 0.717) is 41.2 Å². The third-order valence-corrected chi connectivity index (χ3v) is 5.65. The smallest absolute Gasteiger partial charge is 0.272 e. The van der Waals surface area contributed by atoms with E-state index in [0.717, 1.165) is 11.4 Å². The van der Waals surface area contributed by atoms with Crippen LogP contribution >= 0.6 is 12.4 Å². The highest BCUT2D eigenvalue weighted by Gasteiger charge is 2.31. The summed E-state index contributed by atoms with van der Waals surface area (Å²) in [4.78, 5) is 20.3. The zero-order valence-corrected chi connectivity index (χ0v) is 18.9. The Morgan fingerprint density at radius 1 is 1.27 bits per heavy atom. The first-order valence-electron chi connectivity index (χ1n) is 10.3. The number of carbonyl (C=O) groups excluding carboxylic acids is 1. The van der Waals surface area contributed by atoms with Crippen molar-refractivity contribution in [3.8, 4) is 22.8 Å². The third-order valence-electron chi connectivity index (χ3n) is 5.40. The van der Waals surface area contributed by atoms with Crippen LogP contribution in [0.1, 0.15) is 15.9 Å². The van der Waals surface area contributed by atoms with Crippen molar-refractivity contribution in [1.29, 1.82) is 0 Å².